The van der Waals surface area contributed by atoms with Gasteiger partial charge in [-0.25, -0.2) is 12.8 Å². The third-order valence-electron chi connectivity index (χ3n) is 5.23. The van der Waals surface area contributed by atoms with Crippen molar-refractivity contribution in [3.05, 3.63) is 63.7 Å². The number of nitrogens with zero attached hydrogens (tertiary/aromatic N) is 2. The van der Waals surface area contributed by atoms with E-state index in [1.807, 2.05) is 0 Å². The molecule has 10 heteroatoms. The standard InChI is InChI=1S/C21H20ClFN2O4S2/c1-29-13-14-19-16(23)6-4-7-17(19)30-20(14)21(26)24-9-11-25(12-10-24)31(27,28)18-8-3-2-5-15(18)22/h2-8H,9-13H2,1H3. The SMILES string of the molecule is COCc1c(C(=O)N2CCN(S(=O)(=O)c3ccccc3Cl)CC2)sc2cccc(F)c12. The van der Waals surface area contributed by atoms with E-state index in [0.29, 0.717) is 20.5 Å². The first-order chi connectivity index (χ1) is 14.8. The lowest BCUT2D eigenvalue weighted by atomic mass is 10.1. The van der Waals surface area contributed by atoms with Crippen LogP contribution in [0, 0.1) is 5.82 Å². The molecule has 164 valence electrons. The van der Waals surface area contributed by atoms with Gasteiger partial charge in [0.1, 0.15) is 10.7 Å². The number of ether oxygens (including phenoxy) is 1. The third kappa shape index (κ3) is 4.08. The molecule has 1 aromatic heterocycles. The van der Waals surface area contributed by atoms with E-state index < -0.39 is 15.8 Å². The molecule has 0 spiro atoms. The normalized spacial score (nSPS) is 15.5. The van der Waals surface area contributed by atoms with Gasteiger partial charge < -0.3 is 9.64 Å². The second kappa shape index (κ2) is 8.84. The predicted octanol–water partition coefficient (Wildman–Crippen LogP) is 3.99. The number of piperazine rings is 1. The number of hydrogen-bond acceptors (Lipinski definition) is 5. The molecule has 0 N–H and O–H groups in total. The van der Waals surface area contributed by atoms with Crippen LogP contribution in [-0.4, -0.2) is 56.8 Å². The summed E-state index contributed by atoms with van der Waals surface area (Å²) in [5, 5.41) is 0.565. The average Bonchev–Trinajstić information content (AvgIpc) is 3.13. The number of methoxy groups -OCH3 is 1. The lowest BCUT2D eigenvalue weighted by molar-refractivity contribution is 0.0699. The molecule has 1 saturated heterocycles. The van der Waals surface area contributed by atoms with Crippen LogP contribution in [0.2, 0.25) is 5.02 Å². The molecule has 1 amide bonds. The molecular weight excluding hydrogens is 463 g/mol. The molecule has 0 saturated carbocycles. The molecule has 1 aliphatic heterocycles. The Morgan fingerprint density at radius 1 is 1.13 bits per heavy atom. The van der Waals surface area contributed by atoms with Crippen molar-refractivity contribution in [3.8, 4) is 0 Å². The summed E-state index contributed by atoms with van der Waals surface area (Å²) in [6, 6.07) is 11.0. The van der Waals surface area contributed by atoms with Crippen molar-refractivity contribution < 1.29 is 22.3 Å². The minimum Gasteiger partial charge on any atom is -0.380 e. The zero-order valence-corrected chi connectivity index (χ0v) is 19.1. The van der Waals surface area contributed by atoms with E-state index in [2.05, 4.69) is 0 Å². The molecule has 31 heavy (non-hydrogen) atoms. The van der Waals surface area contributed by atoms with Crippen molar-refractivity contribution in [3.63, 3.8) is 0 Å². The van der Waals surface area contributed by atoms with Gasteiger partial charge in [-0.05, 0) is 24.3 Å². The summed E-state index contributed by atoms with van der Waals surface area (Å²) in [6.45, 7) is 0.872. The van der Waals surface area contributed by atoms with Crippen molar-refractivity contribution in [2.45, 2.75) is 11.5 Å². The second-order valence-electron chi connectivity index (χ2n) is 7.08. The number of rotatable bonds is 5. The van der Waals surface area contributed by atoms with Crippen LogP contribution < -0.4 is 0 Å². The zero-order valence-electron chi connectivity index (χ0n) is 16.7. The first kappa shape index (κ1) is 22.2. The molecule has 3 aromatic rings. The van der Waals surface area contributed by atoms with Crippen LogP contribution in [0.1, 0.15) is 15.2 Å². The van der Waals surface area contributed by atoms with Crippen molar-refractivity contribution in [2.24, 2.45) is 0 Å². The molecule has 1 aliphatic rings. The summed E-state index contributed by atoms with van der Waals surface area (Å²) < 4.78 is 47.5. The summed E-state index contributed by atoms with van der Waals surface area (Å²) in [6.07, 6.45) is 0. The Labute approximate surface area is 188 Å². The molecule has 0 aliphatic carbocycles. The van der Waals surface area contributed by atoms with E-state index in [1.54, 1.807) is 29.2 Å². The molecule has 6 nitrogen and oxygen atoms in total. The van der Waals surface area contributed by atoms with Gasteiger partial charge in [-0.15, -0.1) is 11.3 Å². The van der Waals surface area contributed by atoms with Gasteiger partial charge in [0.05, 0.1) is 16.5 Å². The van der Waals surface area contributed by atoms with E-state index in [1.165, 1.54) is 41.0 Å². The first-order valence-corrected chi connectivity index (χ1v) is 12.2. The van der Waals surface area contributed by atoms with Gasteiger partial charge >= 0.3 is 0 Å². The number of fused-ring (bicyclic) bond motifs is 1. The number of hydrogen-bond donors (Lipinski definition) is 0. The predicted molar refractivity (Wildman–Crippen MR) is 119 cm³/mol. The Morgan fingerprint density at radius 2 is 1.84 bits per heavy atom. The van der Waals surface area contributed by atoms with Crippen LogP contribution in [0.25, 0.3) is 10.1 Å². The topological polar surface area (TPSA) is 66.9 Å². The Morgan fingerprint density at radius 3 is 2.52 bits per heavy atom. The fourth-order valence-corrected chi connectivity index (χ4v) is 6.80. The van der Waals surface area contributed by atoms with Gasteiger partial charge in [-0.2, -0.15) is 4.31 Å². The number of carbonyl (C=O) groups is 1. The first-order valence-electron chi connectivity index (χ1n) is 9.57. The van der Waals surface area contributed by atoms with Gasteiger partial charge in [0.25, 0.3) is 5.91 Å². The van der Waals surface area contributed by atoms with Crippen LogP contribution in [0.3, 0.4) is 0 Å². The van der Waals surface area contributed by atoms with Crippen molar-refractivity contribution in [1.29, 1.82) is 0 Å². The smallest absolute Gasteiger partial charge is 0.264 e. The van der Waals surface area contributed by atoms with Crippen LogP contribution >= 0.6 is 22.9 Å². The summed E-state index contributed by atoms with van der Waals surface area (Å²) in [7, 11) is -2.26. The Kier molecular flexibility index (Phi) is 6.32. The van der Waals surface area contributed by atoms with Crippen LogP contribution in [0.15, 0.2) is 47.4 Å². The number of benzene rings is 2. The summed E-state index contributed by atoms with van der Waals surface area (Å²) in [4.78, 5) is 15.3. The Balaban J connectivity index is 1.56. The molecule has 2 heterocycles. The summed E-state index contributed by atoms with van der Waals surface area (Å²) >= 11 is 7.30. The largest absolute Gasteiger partial charge is 0.380 e. The molecule has 0 atom stereocenters. The second-order valence-corrected chi connectivity index (χ2v) is 10.4. The minimum atomic E-state index is -3.75. The molecule has 4 rings (SSSR count). The maximum atomic E-state index is 14.4. The maximum absolute atomic E-state index is 14.4. The maximum Gasteiger partial charge on any atom is 0.264 e. The fraction of sp³-hybridized carbons (Fsp3) is 0.286. The highest BCUT2D eigenvalue weighted by molar-refractivity contribution is 7.89. The highest BCUT2D eigenvalue weighted by atomic mass is 35.5. The number of thiophene rings is 1. The van der Waals surface area contributed by atoms with Crippen molar-refractivity contribution in [1.82, 2.24) is 9.21 Å². The van der Waals surface area contributed by atoms with E-state index in [9.17, 15) is 17.6 Å². The molecule has 1 fully saturated rings. The van der Waals surface area contributed by atoms with Crippen molar-refractivity contribution >= 4 is 49.0 Å². The average molecular weight is 483 g/mol. The molecule has 2 aromatic carbocycles. The van der Waals surface area contributed by atoms with E-state index in [4.69, 9.17) is 16.3 Å². The van der Waals surface area contributed by atoms with Crippen LogP contribution in [-0.2, 0) is 21.4 Å². The Bertz CT molecular complexity index is 1240. The summed E-state index contributed by atoms with van der Waals surface area (Å²) in [5.74, 6) is -0.641. The fourth-order valence-electron chi connectivity index (χ4n) is 3.69. The quantitative estimate of drug-likeness (QED) is 0.551. The van der Waals surface area contributed by atoms with Gasteiger partial charge in [0, 0.05) is 48.9 Å². The van der Waals surface area contributed by atoms with Gasteiger partial charge in [-0.3, -0.25) is 4.79 Å². The van der Waals surface area contributed by atoms with Gasteiger partial charge in [-0.1, -0.05) is 29.8 Å². The van der Waals surface area contributed by atoms with Gasteiger partial charge in [0.15, 0.2) is 0 Å². The third-order valence-corrected chi connectivity index (χ3v) is 8.81. The highest BCUT2D eigenvalue weighted by Crippen LogP contribution is 2.35. The molecule has 0 bridgehead atoms. The lowest BCUT2D eigenvalue weighted by Crippen LogP contribution is -2.50. The molecular formula is C21H20ClFN2O4S2. The highest BCUT2D eigenvalue weighted by Gasteiger charge is 2.33. The van der Waals surface area contributed by atoms with E-state index in [-0.39, 0.29) is 48.6 Å². The zero-order chi connectivity index (χ0) is 22.2. The van der Waals surface area contributed by atoms with Crippen molar-refractivity contribution in [2.75, 3.05) is 33.3 Å². The molecule has 0 radical (unpaired) electrons. The lowest BCUT2D eigenvalue weighted by Gasteiger charge is -2.34. The number of halogens is 2. The summed E-state index contributed by atoms with van der Waals surface area (Å²) in [5.41, 5.74) is 0.525. The van der Waals surface area contributed by atoms with Gasteiger partial charge in [0.2, 0.25) is 10.0 Å². The van der Waals surface area contributed by atoms with E-state index >= 15 is 0 Å². The molecule has 0 unspecified atom stereocenters. The minimum absolute atomic E-state index is 0.0544. The number of sulfonamides is 1. The monoisotopic (exact) mass is 482 g/mol. The number of carbonyl (C=O) groups excluding carboxylic acids is 1. The number of amides is 1. The Hall–Kier alpha value is -2.04. The van der Waals surface area contributed by atoms with E-state index in [0.717, 1.165) is 0 Å². The van der Waals surface area contributed by atoms with Crippen LogP contribution in [0.4, 0.5) is 4.39 Å². The van der Waals surface area contributed by atoms with Crippen LogP contribution in [0.5, 0.6) is 0 Å².